The summed E-state index contributed by atoms with van der Waals surface area (Å²) in [7, 11) is -2.32. The predicted octanol–water partition coefficient (Wildman–Crippen LogP) is 5.95. The van der Waals surface area contributed by atoms with E-state index in [0.717, 1.165) is 36.9 Å². The molecule has 8 rings (SSSR count). The van der Waals surface area contributed by atoms with Crippen molar-refractivity contribution in [1.82, 2.24) is 39.4 Å². The van der Waals surface area contributed by atoms with Crippen molar-refractivity contribution in [3.8, 4) is 16.9 Å². The molecule has 286 valence electrons. The fourth-order valence-electron chi connectivity index (χ4n) is 6.78. The van der Waals surface area contributed by atoms with E-state index in [1.165, 1.54) is 63.4 Å². The Bertz CT molecular complexity index is 2870. The van der Waals surface area contributed by atoms with E-state index in [4.69, 9.17) is 16.6 Å². The highest BCUT2D eigenvalue weighted by Gasteiger charge is 2.29. The van der Waals surface area contributed by atoms with E-state index < -0.39 is 45.0 Å². The number of pyridine rings is 1. The number of carbonyl (C=O) groups excluding carboxylic acids is 1. The van der Waals surface area contributed by atoms with Crippen LogP contribution in [0.5, 0.6) is 0 Å². The maximum atomic E-state index is 14.9. The third-order valence-corrected chi connectivity index (χ3v) is 10.2. The number of hydrogen-bond acceptors (Lipinski definition) is 8. The van der Waals surface area contributed by atoms with E-state index in [1.54, 1.807) is 12.3 Å². The van der Waals surface area contributed by atoms with Crippen molar-refractivity contribution in [2.45, 2.75) is 37.8 Å². The summed E-state index contributed by atoms with van der Waals surface area (Å²) < 4.78 is 75.1. The van der Waals surface area contributed by atoms with Crippen LogP contribution >= 0.6 is 11.6 Å². The lowest BCUT2D eigenvalue weighted by Crippen LogP contribution is -2.37. The van der Waals surface area contributed by atoms with Crippen LogP contribution in [0.15, 0.2) is 83.8 Å². The van der Waals surface area contributed by atoms with E-state index in [2.05, 4.69) is 25.2 Å². The van der Waals surface area contributed by atoms with Crippen LogP contribution in [0.25, 0.3) is 38.9 Å². The summed E-state index contributed by atoms with van der Waals surface area (Å²) in [5.74, 6) is -2.75. The second kappa shape index (κ2) is 14.2. The molecule has 1 atom stereocenters. The Morgan fingerprint density at radius 2 is 1.73 bits per heavy atom. The molecule has 1 amide bonds. The van der Waals surface area contributed by atoms with E-state index in [0.29, 0.717) is 12.0 Å². The summed E-state index contributed by atoms with van der Waals surface area (Å²) in [6, 6.07) is 15.3. The number of amides is 1. The summed E-state index contributed by atoms with van der Waals surface area (Å²) in [6.07, 6.45) is 4.38. The Labute approximate surface area is 321 Å². The SMILES string of the molecule is Cn1nc(NS(C)(=O)=O)c2c(Cl)ccc(-n3c([C@H](Cc4cc(F)cc(F)c4)NC(=O)Cn4ccc(C5CC5)n4)nc4nc(-c5ccccc5F)ccc4c3=O)c21. The molecule has 0 aliphatic heterocycles. The molecule has 4 aromatic heterocycles. The summed E-state index contributed by atoms with van der Waals surface area (Å²) in [4.78, 5) is 38.1. The third-order valence-electron chi connectivity index (χ3n) is 9.32. The number of rotatable bonds is 11. The molecule has 0 spiro atoms. The molecule has 2 N–H and O–H groups in total. The minimum absolute atomic E-state index is 0.000356. The highest BCUT2D eigenvalue weighted by Crippen LogP contribution is 2.39. The molecule has 1 saturated carbocycles. The number of carbonyl (C=O) groups is 1. The monoisotopic (exact) mass is 801 g/mol. The Morgan fingerprint density at radius 3 is 2.45 bits per heavy atom. The first-order valence-corrected chi connectivity index (χ1v) is 19.6. The van der Waals surface area contributed by atoms with Crippen molar-refractivity contribution in [2.24, 2.45) is 7.05 Å². The molecule has 0 unspecified atom stereocenters. The van der Waals surface area contributed by atoms with E-state index >= 15 is 0 Å². The van der Waals surface area contributed by atoms with Gasteiger partial charge >= 0.3 is 0 Å². The molecule has 3 aromatic carbocycles. The van der Waals surface area contributed by atoms with E-state index in [9.17, 15) is 31.2 Å². The Balaban J connectivity index is 1.36. The second-order valence-electron chi connectivity index (χ2n) is 13.6. The zero-order chi connectivity index (χ0) is 39.5. The maximum absolute atomic E-state index is 14.9. The Hall–Kier alpha value is -6.07. The number of nitrogens with zero attached hydrogens (tertiary/aromatic N) is 7. The van der Waals surface area contributed by atoms with Crippen molar-refractivity contribution in [1.29, 1.82) is 0 Å². The molecule has 4 heterocycles. The zero-order valence-corrected chi connectivity index (χ0v) is 31.2. The fraction of sp³-hybridized carbons (Fsp3) is 0.211. The summed E-state index contributed by atoms with van der Waals surface area (Å²) in [5, 5.41) is 12.0. The summed E-state index contributed by atoms with van der Waals surface area (Å²) in [5.41, 5.74) is 0.827. The topological polar surface area (TPSA) is 159 Å². The fourth-order valence-corrected chi connectivity index (χ4v) is 7.51. The molecule has 1 aliphatic carbocycles. The number of sulfonamides is 1. The third kappa shape index (κ3) is 7.34. The highest BCUT2D eigenvalue weighted by atomic mass is 35.5. The zero-order valence-electron chi connectivity index (χ0n) is 29.7. The molecule has 13 nitrogen and oxygen atoms in total. The molecule has 1 aliphatic rings. The van der Waals surface area contributed by atoms with Gasteiger partial charge in [-0.15, -0.1) is 0 Å². The van der Waals surface area contributed by atoms with Crippen molar-refractivity contribution in [2.75, 3.05) is 11.0 Å². The molecule has 56 heavy (non-hydrogen) atoms. The van der Waals surface area contributed by atoms with Crippen LogP contribution in [-0.2, 0) is 34.8 Å². The Morgan fingerprint density at radius 1 is 0.982 bits per heavy atom. The van der Waals surface area contributed by atoms with Gasteiger partial charge in [-0.1, -0.05) is 23.7 Å². The van der Waals surface area contributed by atoms with Crippen molar-refractivity contribution < 1.29 is 26.4 Å². The number of aryl methyl sites for hydroxylation is 1. The van der Waals surface area contributed by atoms with Gasteiger partial charge in [-0.2, -0.15) is 10.2 Å². The van der Waals surface area contributed by atoms with Gasteiger partial charge in [-0.3, -0.25) is 28.2 Å². The van der Waals surface area contributed by atoms with E-state index in [1.807, 2.05) is 6.07 Å². The molecular formula is C38H31ClF3N9O4S. The molecule has 7 aromatic rings. The van der Waals surface area contributed by atoms with Gasteiger partial charge in [0.2, 0.25) is 15.9 Å². The first-order valence-electron chi connectivity index (χ1n) is 17.3. The van der Waals surface area contributed by atoms with Crippen molar-refractivity contribution >= 4 is 55.3 Å². The van der Waals surface area contributed by atoms with Crippen LogP contribution in [0, 0.1) is 17.5 Å². The molecule has 18 heteroatoms. The van der Waals surface area contributed by atoms with Crippen LogP contribution in [0.4, 0.5) is 19.0 Å². The molecule has 0 bridgehead atoms. The number of aromatic nitrogens is 7. The van der Waals surface area contributed by atoms with Gasteiger partial charge in [-0.05, 0) is 73.0 Å². The standard InChI is InChI=1S/C38H31ClF3N9O4S/c1-49-34-31(12-10-26(39)33(34)36(47-49)48-56(2,54)55)51-37(45-35-25(38(51)53)9-11-29(44-35)24-5-3-4-6-27(24)42)30(17-20-15-22(40)18-23(41)16-20)43-32(52)19-50-14-13-28(46-50)21-7-8-21/h3-6,9-16,18,21,30H,7-8,17,19H2,1-2H3,(H,43,52)(H,47,48)/t30-/m0/s1. The lowest BCUT2D eigenvalue weighted by Gasteiger charge is -2.23. The van der Waals surface area contributed by atoms with Gasteiger partial charge in [0.1, 0.15) is 29.8 Å². The van der Waals surface area contributed by atoms with Crippen LogP contribution in [0.1, 0.15) is 41.9 Å². The van der Waals surface area contributed by atoms with E-state index in [-0.39, 0.29) is 74.1 Å². The average Bonchev–Trinajstić information content (AvgIpc) is 3.79. The minimum Gasteiger partial charge on any atom is -0.344 e. The van der Waals surface area contributed by atoms with Crippen LogP contribution < -0.4 is 15.6 Å². The largest absolute Gasteiger partial charge is 0.344 e. The molecule has 1 fully saturated rings. The predicted molar refractivity (Wildman–Crippen MR) is 203 cm³/mol. The quantitative estimate of drug-likeness (QED) is 0.163. The average molecular weight is 802 g/mol. The number of fused-ring (bicyclic) bond motifs is 2. The number of anilines is 1. The first kappa shape index (κ1) is 36.9. The Kier molecular flexibility index (Phi) is 9.36. The van der Waals surface area contributed by atoms with Crippen LogP contribution in [0.2, 0.25) is 5.02 Å². The second-order valence-corrected chi connectivity index (χ2v) is 15.8. The smallest absolute Gasteiger partial charge is 0.267 e. The van der Waals surface area contributed by atoms with Gasteiger partial charge in [-0.25, -0.2) is 31.6 Å². The molecule has 0 saturated heterocycles. The van der Waals surface area contributed by atoms with Crippen LogP contribution in [0.3, 0.4) is 0 Å². The summed E-state index contributed by atoms with van der Waals surface area (Å²) >= 11 is 6.63. The summed E-state index contributed by atoms with van der Waals surface area (Å²) in [6.45, 7) is -0.234. The van der Waals surface area contributed by atoms with Gasteiger partial charge < -0.3 is 5.32 Å². The van der Waals surface area contributed by atoms with Crippen LogP contribution in [-0.4, -0.2) is 54.7 Å². The van der Waals surface area contributed by atoms with Gasteiger partial charge in [0.15, 0.2) is 11.5 Å². The number of hydrogen-bond donors (Lipinski definition) is 2. The highest BCUT2D eigenvalue weighted by molar-refractivity contribution is 7.92. The number of nitrogens with one attached hydrogen (secondary N) is 2. The van der Waals surface area contributed by atoms with Crippen molar-refractivity contribution in [3.63, 3.8) is 0 Å². The van der Waals surface area contributed by atoms with Gasteiger partial charge in [0.25, 0.3) is 5.56 Å². The number of halogens is 4. The molecular weight excluding hydrogens is 771 g/mol. The normalized spacial score (nSPS) is 13.7. The lowest BCUT2D eigenvalue weighted by atomic mass is 10.0. The van der Waals surface area contributed by atoms with Gasteiger partial charge in [0.05, 0.1) is 50.7 Å². The maximum Gasteiger partial charge on any atom is 0.267 e. The molecule has 0 radical (unpaired) electrons. The minimum atomic E-state index is -3.84. The number of benzene rings is 3. The van der Waals surface area contributed by atoms with Crippen molar-refractivity contribution in [3.05, 3.63) is 129 Å². The first-order chi connectivity index (χ1) is 26.7. The lowest BCUT2D eigenvalue weighted by molar-refractivity contribution is -0.122. The van der Waals surface area contributed by atoms with Gasteiger partial charge in [0, 0.05) is 37.2 Å².